The Balaban J connectivity index is 2.61. The second-order valence-electron chi connectivity index (χ2n) is 4.67. The van der Waals surface area contributed by atoms with Crippen molar-refractivity contribution < 1.29 is 4.39 Å². The van der Waals surface area contributed by atoms with Crippen LogP contribution in [0.1, 0.15) is 16.7 Å². The molecule has 2 aromatic carbocycles. The summed E-state index contributed by atoms with van der Waals surface area (Å²) in [6, 6.07) is 11.4. The first-order valence-electron chi connectivity index (χ1n) is 6.12. The summed E-state index contributed by atoms with van der Waals surface area (Å²) in [5.74, 6) is -0.163. The topological polar surface area (TPSA) is 12.0 Å². The fraction of sp³-hybridized carbons (Fsp3) is 0.250. The Kier molecular flexibility index (Phi) is 3.78. The van der Waals surface area contributed by atoms with Gasteiger partial charge in [0.05, 0.1) is 0 Å². The van der Waals surface area contributed by atoms with Crippen molar-refractivity contribution in [2.45, 2.75) is 20.4 Å². The molecule has 2 rings (SSSR count). The number of benzene rings is 2. The summed E-state index contributed by atoms with van der Waals surface area (Å²) in [5, 5.41) is 3.13. The molecule has 0 heterocycles. The van der Waals surface area contributed by atoms with E-state index in [-0.39, 0.29) is 5.82 Å². The van der Waals surface area contributed by atoms with Crippen LogP contribution < -0.4 is 5.32 Å². The van der Waals surface area contributed by atoms with E-state index in [1.165, 1.54) is 6.07 Å². The van der Waals surface area contributed by atoms with E-state index in [4.69, 9.17) is 0 Å². The van der Waals surface area contributed by atoms with Crippen LogP contribution in [0.2, 0.25) is 0 Å². The highest BCUT2D eigenvalue weighted by Gasteiger charge is 2.10. The minimum Gasteiger partial charge on any atom is -0.316 e. The Hall–Kier alpha value is -1.67. The molecule has 0 saturated carbocycles. The van der Waals surface area contributed by atoms with Crippen LogP contribution in [-0.2, 0) is 6.54 Å². The number of rotatable bonds is 3. The molecule has 2 aromatic rings. The number of nitrogens with one attached hydrogen (secondary N) is 1. The fourth-order valence-corrected chi connectivity index (χ4v) is 2.13. The largest absolute Gasteiger partial charge is 0.316 e. The zero-order valence-corrected chi connectivity index (χ0v) is 11.0. The maximum atomic E-state index is 14.0. The first kappa shape index (κ1) is 12.8. The smallest absolute Gasteiger partial charge is 0.131 e. The van der Waals surface area contributed by atoms with Gasteiger partial charge in [-0.05, 0) is 44.2 Å². The van der Waals surface area contributed by atoms with Crippen LogP contribution in [0.5, 0.6) is 0 Å². The third-order valence-electron chi connectivity index (χ3n) is 3.04. The maximum absolute atomic E-state index is 14.0. The molecule has 0 fully saturated rings. The molecular weight excluding hydrogens is 225 g/mol. The molecule has 0 atom stereocenters. The van der Waals surface area contributed by atoms with Gasteiger partial charge in [-0.15, -0.1) is 0 Å². The van der Waals surface area contributed by atoms with Gasteiger partial charge in [0.1, 0.15) is 5.82 Å². The molecule has 0 amide bonds. The van der Waals surface area contributed by atoms with Gasteiger partial charge in [-0.25, -0.2) is 4.39 Å². The molecule has 1 N–H and O–H groups in total. The maximum Gasteiger partial charge on any atom is 0.131 e. The van der Waals surface area contributed by atoms with Crippen LogP contribution >= 0.6 is 0 Å². The summed E-state index contributed by atoms with van der Waals surface area (Å²) in [6.07, 6.45) is 0. The predicted molar refractivity (Wildman–Crippen MR) is 74.1 cm³/mol. The van der Waals surface area contributed by atoms with E-state index in [0.717, 1.165) is 28.8 Å². The molecule has 2 heteroatoms. The Morgan fingerprint density at radius 2 is 1.56 bits per heavy atom. The lowest BCUT2D eigenvalue weighted by Crippen LogP contribution is -2.07. The molecule has 0 unspecified atom stereocenters. The first-order valence-corrected chi connectivity index (χ1v) is 6.12. The second kappa shape index (κ2) is 5.32. The Bertz CT molecular complexity index is 561. The fourth-order valence-electron chi connectivity index (χ4n) is 2.13. The molecule has 94 valence electrons. The number of halogens is 1. The molecule has 0 radical (unpaired) electrons. The van der Waals surface area contributed by atoms with Crippen LogP contribution in [0.3, 0.4) is 0 Å². The minimum atomic E-state index is -0.163. The predicted octanol–water partition coefficient (Wildman–Crippen LogP) is 3.83. The van der Waals surface area contributed by atoms with Crippen molar-refractivity contribution in [3.8, 4) is 11.1 Å². The van der Waals surface area contributed by atoms with E-state index in [0.29, 0.717) is 5.56 Å². The Morgan fingerprint density at radius 3 is 2.22 bits per heavy atom. The molecule has 0 aromatic heterocycles. The van der Waals surface area contributed by atoms with Gasteiger partial charge in [0.15, 0.2) is 0 Å². The van der Waals surface area contributed by atoms with E-state index >= 15 is 0 Å². The van der Waals surface area contributed by atoms with Crippen molar-refractivity contribution in [3.63, 3.8) is 0 Å². The highest BCUT2D eigenvalue weighted by molar-refractivity contribution is 5.69. The lowest BCUT2D eigenvalue weighted by atomic mass is 9.96. The van der Waals surface area contributed by atoms with Crippen molar-refractivity contribution in [1.29, 1.82) is 0 Å². The molecule has 0 aliphatic heterocycles. The quantitative estimate of drug-likeness (QED) is 0.864. The molecular formula is C16H18FN. The number of aryl methyl sites for hydroxylation is 2. The van der Waals surface area contributed by atoms with Crippen molar-refractivity contribution in [1.82, 2.24) is 5.32 Å². The van der Waals surface area contributed by atoms with Gasteiger partial charge in [0.2, 0.25) is 0 Å². The van der Waals surface area contributed by atoms with Gasteiger partial charge in [0, 0.05) is 12.1 Å². The average Bonchev–Trinajstić information content (AvgIpc) is 2.35. The van der Waals surface area contributed by atoms with E-state index in [1.807, 2.05) is 33.0 Å². The summed E-state index contributed by atoms with van der Waals surface area (Å²) >= 11 is 0. The molecule has 0 saturated heterocycles. The summed E-state index contributed by atoms with van der Waals surface area (Å²) in [6.45, 7) is 4.75. The van der Waals surface area contributed by atoms with E-state index in [9.17, 15) is 4.39 Å². The van der Waals surface area contributed by atoms with Gasteiger partial charge >= 0.3 is 0 Å². The summed E-state index contributed by atoms with van der Waals surface area (Å²) in [7, 11) is 1.90. The van der Waals surface area contributed by atoms with Crippen molar-refractivity contribution in [3.05, 3.63) is 58.9 Å². The van der Waals surface area contributed by atoms with E-state index < -0.39 is 0 Å². The zero-order valence-electron chi connectivity index (χ0n) is 11.0. The first-order chi connectivity index (χ1) is 8.61. The van der Waals surface area contributed by atoms with Crippen LogP contribution in [-0.4, -0.2) is 7.05 Å². The normalized spacial score (nSPS) is 10.7. The monoisotopic (exact) mass is 243 g/mol. The van der Waals surface area contributed by atoms with Crippen LogP contribution in [0.25, 0.3) is 11.1 Å². The van der Waals surface area contributed by atoms with Gasteiger partial charge < -0.3 is 5.32 Å². The summed E-state index contributed by atoms with van der Waals surface area (Å²) < 4.78 is 14.0. The highest BCUT2D eigenvalue weighted by atomic mass is 19.1. The lowest BCUT2D eigenvalue weighted by Gasteiger charge is -2.12. The van der Waals surface area contributed by atoms with Gasteiger partial charge in [-0.3, -0.25) is 0 Å². The van der Waals surface area contributed by atoms with Gasteiger partial charge in [-0.1, -0.05) is 35.4 Å². The third kappa shape index (κ3) is 2.59. The molecule has 0 bridgehead atoms. The van der Waals surface area contributed by atoms with Crippen LogP contribution in [0.15, 0.2) is 36.4 Å². The van der Waals surface area contributed by atoms with Crippen LogP contribution in [0, 0.1) is 19.7 Å². The van der Waals surface area contributed by atoms with Crippen molar-refractivity contribution >= 4 is 0 Å². The van der Waals surface area contributed by atoms with Crippen molar-refractivity contribution in [2.75, 3.05) is 7.05 Å². The lowest BCUT2D eigenvalue weighted by molar-refractivity contribution is 0.630. The van der Waals surface area contributed by atoms with E-state index in [2.05, 4.69) is 17.4 Å². The second-order valence-corrected chi connectivity index (χ2v) is 4.67. The van der Waals surface area contributed by atoms with E-state index in [1.54, 1.807) is 6.07 Å². The molecule has 0 aliphatic rings. The zero-order chi connectivity index (χ0) is 13.1. The standard InChI is InChI=1S/C16H18FN/c1-11-4-6-13(10-18-3)14(8-11)15-9-12(2)5-7-16(15)17/h4-9,18H,10H2,1-3H3. The molecule has 18 heavy (non-hydrogen) atoms. The van der Waals surface area contributed by atoms with Crippen molar-refractivity contribution in [2.24, 2.45) is 0 Å². The minimum absolute atomic E-state index is 0.163. The Morgan fingerprint density at radius 1 is 0.944 bits per heavy atom. The SMILES string of the molecule is CNCc1ccc(C)cc1-c1cc(C)ccc1F. The number of hydrogen-bond acceptors (Lipinski definition) is 1. The Labute approximate surface area is 108 Å². The molecule has 1 nitrogen and oxygen atoms in total. The summed E-state index contributed by atoms with van der Waals surface area (Å²) in [5.41, 5.74) is 5.00. The number of hydrogen-bond donors (Lipinski definition) is 1. The average molecular weight is 243 g/mol. The highest BCUT2D eigenvalue weighted by Crippen LogP contribution is 2.28. The molecule has 0 spiro atoms. The molecule has 0 aliphatic carbocycles. The third-order valence-corrected chi connectivity index (χ3v) is 3.04. The van der Waals surface area contributed by atoms with Gasteiger partial charge in [0.25, 0.3) is 0 Å². The van der Waals surface area contributed by atoms with Crippen LogP contribution in [0.4, 0.5) is 4.39 Å². The van der Waals surface area contributed by atoms with Gasteiger partial charge in [-0.2, -0.15) is 0 Å². The summed E-state index contributed by atoms with van der Waals surface area (Å²) in [4.78, 5) is 0.